The molecular formula is C25H16Cl3N5O2S. The number of aryl methyl sites for hydroxylation is 1. The molecule has 2 aromatic heterocycles. The molecule has 11 heteroatoms. The second-order valence-electron chi connectivity index (χ2n) is 7.82. The van der Waals surface area contributed by atoms with Crippen molar-refractivity contribution in [2.24, 2.45) is 0 Å². The lowest BCUT2D eigenvalue weighted by atomic mass is 10.2. The van der Waals surface area contributed by atoms with E-state index in [1.807, 2.05) is 31.2 Å². The summed E-state index contributed by atoms with van der Waals surface area (Å²) in [5.41, 5.74) is 4.33. The standard InChI is InChI=1S/C25H16Cl3N5O2S/c1-13-10-20-21(32-33(31-20)16-5-2-14(26)3-6-16)12-19(13)29-25(36)30-24(34)23-9-8-22(35-23)17-7-4-15(27)11-18(17)28/h2-12H,1H3,(H2,29,30,34,36). The molecule has 0 atom stereocenters. The van der Waals surface area contributed by atoms with Gasteiger partial charge in [-0.25, -0.2) is 0 Å². The van der Waals surface area contributed by atoms with Crippen molar-refractivity contribution in [3.8, 4) is 17.0 Å². The van der Waals surface area contributed by atoms with E-state index >= 15 is 0 Å². The Morgan fingerprint density at radius 2 is 1.61 bits per heavy atom. The Labute approximate surface area is 225 Å². The normalized spacial score (nSPS) is 11.0. The summed E-state index contributed by atoms with van der Waals surface area (Å²) in [6.45, 7) is 1.90. The van der Waals surface area contributed by atoms with Crippen LogP contribution in [0.4, 0.5) is 5.69 Å². The third-order valence-corrected chi connectivity index (χ3v) is 6.29. The third-order valence-electron chi connectivity index (χ3n) is 5.29. The molecule has 1 amide bonds. The first-order chi connectivity index (χ1) is 17.3. The van der Waals surface area contributed by atoms with E-state index in [4.69, 9.17) is 51.4 Å². The monoisotopic (exact) mass is 555 g/mol. The van der Waals surface area contributed by atoms with Gasteiger partial charge in [0.15, 0.2) is 10.9 Å². The maximum absolute atomic E-state index is 12.7. The Kier molecular flexibility index (Phi) is 6.68. The topological polar surface area (TPSA) is 85.0 Å². The summed E-state index contributed by atoms with van der Waals surface area (Å²) in [4.78, 5) is 14.2. The number of aromatic nitrogens is 3. The fourth-order valence-corrected chi connectivity index (χ4v) is 4.33. The van der Waals surface area contributed by atoms with Crippen molar-refractivity contribution in [2.75, 3.05) is 5.32 Å². The molecule has 36 heavy (non-hydrogen) atoms. The number of benzene rings is 3. The largest absolute Gasteiger partial charge is 0.451 e. The Morgan fingerprint density at radius 3 is 2.33 bits per heavy atom. The second kappa shape index (κ2) is 9.91. The van der Waals surface area contributed by atoms with E-state index in [1.165, 1.54) is 4.80 Å². The zero-order chi connectivity index (χ0) is 25.4. The molecule has 0 unspecified atom stereocenters. The lowest BCUT2D eigenvalue weighted by molar-refractivity contribution is 0.0951. The van der Waals surface area contributed by atoms with Gasteiger partial charge in [-0.2, -0.15) is 4.80 Å². The number of hydrogen-bond donors (Lipinski definition) is 2. The van der Waals surface area contributed by atoms with E-state index in [9.17, 15) is 4.79 Å². The highest BCUT2D eigenvalue weighted by Crippen LogP contribution is 2.31. The molecular weight excluding hydrogens is 541 g/mol. The summed E-state index contributed by atoms with van der Waals surface area (Å²) in [6, 6.07) is 19.1. The first-order valence-electron chi connectivity index (χ1n) is 10.6. The van der Waals surface area contributed by atoms with Gasteiger partial charge >= 0.3 is 0 Å². The van der Waals surface area contributed by atoms with Crippen LogP contribution < -0.4 is 10.6 Å². The van der Waals surface area contributed by atoms with Gasteiger partial charge in [0, 0.05) is 21.3 Å². The van der Waals surface area contributed by atoms with E-state index in [0.717, 1.165) is 11.3 Å². The lowest BCUT2D eigenvalue weighted by Crippen LogP contribution is -2.34. The number of thiocarbonyl (C=S) groups is 1. The van der Waals surface area contributed by atoms with Crippen LogP contribution in [0.2, 0.25) is 15.1 Å². The van der Waals surface area contributed by atoms with Crippen molar-refractivity contribution in [2.45, 2.75) is 6.92 Å². The highest BCUT2D eigenvalue weighted by Gasteiger charge is 2.16. The average Bonchev–Trinajstić information content (AvgIpc) is 3.47. The van der Waals surface area contributed by atoms with Crippen molar-refractivity contribution in [3.05, 3.63) is 93.1 Å². The van der Waals surface area contributed by atoms with E-state index in [1.54, 1.807) is 42.5 Å². The number of anilines is 1. The van der Waals surface area contributed by atoms with Crippen molar-refractivity contribution in [1.82, 2.24) is 20.3 Å². The van der Waals surface area contributed by atoms with Crippen molar-refractivity contribution in [1.29, 1.82) is 0 Å². The van der Waals surface area contributed by atoms with Crippen LogP contribution in [0.25, 0.3) is 28.0 Å². The van der Waals surface area contributed by atoms with E-state index in [2.05, 4.69) is 20.8 Å². The van der Waals surface area contributed by atoms with Crippen LogP contribution in [0.3, 0.4) is 0 Å². The molecule has 2 heterocycles. The van der Waals surface area contributed by atoms with Crippen LogP contribution in [0, 0.1) is 6.92 Å². The highest BCUT2D eigenvalue weighted by molar-refractivity contribution is 7.80. The van der Waals surface area contributed by atoms with Gasteiger partial charge in [-0.05, 0) is 91.4 Å². The molecule has 0 aliphatic heterocycles. The molecule has 7 nitrogen and oxygen atoms in total. The fraction of sp³-hybridized carbons (Fsp3) is 0.0400. The Hall–Kier alpha value is -3.43. The number of rotatable bonds is 4. The molecule has 5 rings (SSSR count). The smallest absolute Gasteiger partial charge is 0.293 e. The minimum absolute atomic E-state index is 0.0817. The summed E-state index contributed by atoms with van der Waals surface area (Å²) in [5.74, 6) is 0.0141. The number of furan rings is 1. The van der Waals surface area contributed by atoms with Gasteiger partial charge in [0.05, 0.1) is 10.7 Å². The maximum atomic E-state index is 12.7. The quantitative estimate of drug-likeness (QED) is 0.230. The predicted molar refractivity (Wildman–Crippen MR) is 146 cm³/mol. The van der Waals surface area contributed by atoms with E-state index < -0.39 is 5.91 Å². The van der Waals surface area contributed by atoms with Gasteiger partial charge in [-0.3, -0.25) is 10.1 Å². The van der Waals surface area contributed by atoms with Gasteiger partial charge < -0.3 is 9.73 Å². The minimum atomic E-state index is -0.503. The van der Waals surface area contributed by atoms with Crippen molar-refractivity contribution in [3.63, 3.8) is 0 Å². The first-order valence-corrected chi connectivity index (χ1v) is 12.1. The fourth-order valence-electron chi connectivity index (χ4n) is 3.50. The van der Waals surface area contributed by atoms with E-state index in [-0.39, 0.29) is 10.9 Å². The van der Waals surface area contributed by atoms with Crippen molar-refractivity contribution < 1.29 is 9.21 Å². The predicted octanol–water partition coefficient (Wildman–Crippen LogP) is 7.08. The molecule has 0 bridgehead atoms. The Balaban J connectivity index is 1.30. The molecule has 2 N–H and O–H groups in total. The number of amides is 1. The molecule has 0 saturated carbocycles. The van der Waals surface area contributed by atoms with Gasteiger partial charge in [-0.1, -0.05) is 34.8 Å². The highest BCUT2D eigenvalue weighted by atomic mass is 35.5. The molecule has 0 saturated heterocycles. The van der Waals surface area contributed by atoms with Crippen LogP contribution in [-0.4, -0.2) is 26.0 Å². The lowest BCUT2D eigenvalue weighted by Gasteiger charge is -2.11. The molecule has 0 aliphatic rings. The average molecular weight is 557 g/mol. The number of hydrogen-bond acceptors (Lipinski definition) is 5. The van der Waals surface area contributed by atoms with Crippen molar-refractivity contribution >= 4 is 74.8 Å². The summed E-state index contributed by atoms with van der Waals surface area (Å²) >= 11 is 23.5. The van der Waals surface area contributed by atoms with Crippen LogP contribution in [-0.2, 0) is 0 Å². The second-order valence-corrected chi connectivity index (χ2v) is 9.51. The molecule has 180 valence electrons. The summed E-state index contributed by atoms with van der Waals surface area (Å²) in [7, 11) is 0. The Bertz CT molecular complexity index is 1630. The number of carbonyl (C=O) groups is 1. The first kappa shape index (κ1) is 24.3. The maximum Gasteiger partial charge on any atom is 0.293 e. The number of fused-ring (bicyclic) bond motifs is 1. The number of carbonyl (C=O) groups excluding carboxylic acids is 1. The summed E-state index contributed by atoms with van der Waals surface area (Å²) < 4.78 is 5.68. The summed E-state index contributed by atoms with van der Waals surface area (Å²) in [6.07, 6.45) is 0. The zero-order valence-corrected chi connectivity index (χ0v) is 21.6. The minimum Gasteiger partial charge on any atom is -0.451 e. The molecule has 3 aromatic carbocycles. The third kappa shape index (κ3) is 5.08. The molecule has 0 fully saturated rings. The summed E-state index contributed by atoms with van der Waals surface area (Å²) in [5, 5.41) is 16.4. The number of halogens is 3. The van der Waals surface area contributed by atoms with Crippen LogP contribution >= 0.6 is 47.0 Å². The van der Waals surface area contributed by atoms with Gasteiger partial charge in [-0.15, -0.1) is 10.2 Å². The van der Waals surface area contributed by atoms with Gasteiger partial charge in [0.25, 0.3) is 5.91 Å². The number of nitrogens with one attached hydrogen (secondary N) is 2. The van der Waals surface area contributed by atoms with Gasteiger partial charge in [0.2, 0.25) is 0 Å². The van der Waals surface area contributed by atoms with E-state index in [0.29, 0.717) is 43.1 Å². The van der Waals surface area contributed by atoms with Crippen LogP contribution in [0.15, 0.2) is 71.1 Å². The molecule has 0 radical (unpaired) electrons. The van der Waals surface area contributed by atoms with Gasteiger partial charge in [0.1, 0.15) is 16.8 Å². The van der Waals surface area contributed by atoms with Crippen LogP contribution in [0.1, 0.15) is 16.1 Å². The van der Waals surface area contributed by atoms with Crippen LogP contribution in [0.5, 0.6) is 0 Å². The molecule has 0 spiro atoms. The zero-order valence-electron chi connectivity index (χ0n) is 18.6. The number of nitrogens with zero attached hydrogens (tertiary/aromatic N) is 3. The SMILES string of the molecule is Cc1cc2nn(-c3ccc(Cl)cc3)nc2cc1NC(=S)NC(=O)c1ccc(-c2ccc(Cl)cc2Cl)o1. The molecule has 5 aromatic rings. The molecule has 0 aliphatic carbocycles. The Morgan fingerprint density at radius 1 is 0.917 bits per heavy atom.